The number of hydrogen-bond donors (Lipinski definition) is 2. The highest BCUT2D eigenvalue weighted by Gasteiger charge is 2.15. The van der Waals surface area contributed by atoms with Crippen LogP contribution < -0.4 is 10.1 Å². The molecule has 0 aliphatic rings. The first-order valence-corrected chi connectivity index (χ1v) is 7.24. The van der Waals surface area contributed by atoms with Crippen molar-refractivity contribution in [2.75, 3.05) is 19.0 Å². The third-order valence-electron chi connectivity index (χ3n) is 3.07. The van der Waals surface area contributed by atoms with Crippen molar-refractivity contribution in [1.82, 2.24) is 10.2 Å². The minimum Gasteiger partial charge on any atom is -0.496 e. The number of hydrogen-bond acceptors (Lipinski definition) is 4. The molecule has 0 spiro atoms. The summed E-state index contributed by atoms with van der Waals surface area (Å²) in [7, 11) is 1.58. The molecule has 0 saturated carbocycles. The number of methoxy groups -OCH3 is 1. The van der Waals surface area contributed by atoms with Crippen LogP contribution in [-0.2, 0) is 9.53 Å². The average molecular weight is 324 g/mol. The van der Waals surface area contributed by atoms with Gasteiger partial charge in [0, 0.05) is 23.3 Å². The molecule has 2 N–H and O–H groups in total. The predicted octanol–water partition coefficient (Wildman–Crippen LogP) is 3.10. The lowest BCUT2D eigenvalue weighted by Gasteiger charge is -2.10. The summed E-state index contributed by atoms with van der Waals surface area (Å²) in [4.78, 5) is 11.9. The Labute approximate surface area is 133 Å². The van der Waals surface area contributed by atoms with Crippen molar-refractivity contribution in [1.29, 1.82) is 0 Å². The number of carbonyl (C=O) groups is 1. The quantitative estimate of drug-likeness (QED) is 0.856. The van der Waals surface area contributed by atoms with Crippen LogP contribution in [0.15, 0.2) is 24.3 Å². The Kier molecular flexibility index (Phi) is 5.41. The summed E-state index contributed by atoms with van der Waals surface area (Å²) in [6.07, 6.45) is -0.536. The molecule has 0 bridgehead atoms. The first-order chi connectivity index (χ1) is 10.5. The Morgan fingerprint density at radius 3 is 2.91 bits per heavy atom. The Morgan fingerprint density at radius 1 is 1.45 bits per heavy atom. The Morgan fingerprint density at radius 2 is 2.23 bits per heavy atom. The zero-order valence-electron chi connectivity index (χ0n) is 12.6. The number of carbonyl (C=O) groups excluding carboxylic acids is 1. The van der Waals surface area contributed by atoms with E-state index in [9.17, 15) is 4.79 Å². The standard InChI is InChI=1S/C15H18ClN3O3/c1-4-22-9(2)15(20)17-14-8-12(18-19-14)11-7-10(16)5-6-13(11)21-3/h5-9H,4H2,1-3H3,(H2,17,18,19,20)/t9-/m1/s1. The number of amides is 1. The van der Waals surface area contributed by atoms with E-state index in [4.69, 9.17) is 21.1 Å². The van der Waals surface area contributed by atoms with Crippen LogP contribution >= 0.6 is 11.6 Å². The zero-order chi connectivity index (χ0) is 16.1. The first-order valence-electron chi connectivity index (χ1n) is 6.87. The van der Waals surface area contributed by atoms with Crippen molar-refractivity contribution >= 4 is 23.3 Å². The van der Waals surface area contributed by atoms with Gasteiger partial charge >= 0.3 is 0 Å². The summed E-state index contributed by atoms with van der Waals surface area (Å²) < 4.78 is 10.5. The summed E-state index contributed by atoms with van der Waals surface area (Å²) in [5.74, 6) is 0.820. The van der Waals surface area contributed by atoms with Crippen molar-refractivity contribution in [3.05, 3.63) is 29.3 Å². The highest BCUT2D eigenvalue weighted by atomic mass is 35.5. The molecule has 1 aromatic heterocycles. The van der Waals surface area contributed by atoms with E-state index < -0.39 is 6.10 Å². The molecule has 118 valence electrons. The molecule has 0 saturated heterocycles. The second-order valence-electron chi connectivity index (χ2n) is 4.60. The summed E-state index contributed by atoms with van der Waals surface area (Å²) in [6, 6.07) is 6.99. The third kappa shape index (κ3) is 3.78. The van der Waals surface area contributed by atoms with Crippen molar-refractivity contribution in [3.8, 4) is 17.0 Å². The normalized spacial score (nSPS) is 12.0. The van der Waals surface area contributed by atoms with Crippen molar-refractivity contribution in [2.24, 2.45) is 0 Å². The van der Waals surface area contributed by atoms with Crippen LogP contribution in [0.2, 0.25) is 5.02 Å². The molecule has 1 aromatic carbocycles. The Balaban J connectivity index is 2.18. The second kappa shape index (κ2) is 7.29. The molecular weight excluding hydrogens is 306 g/mol. The van der Waals surface area contributed by atoms with Gasteiger partial charge in [0.2, 0.25) is 0 Å². The molecule has 0 aliphatic heterocycles. The Hall–Kier alpha value is -2.05. The van der Waals surface area contributed by atoms with Gasteiger partial charge in [-0.1, -0.05) is 11.6 Å². The molecule has 0 radical (unpaired) electrons. The van der Waals surface area contributed by atoms with Gasteiger partial charge in [0.25, 0.3) is 5.91 Å². The number of nitrogens with zero attached hydrogens (tertiary/aromatic N) is 1. The summed E-state index contributed by atoms with van der Waals surface area (Å²) in [5, 5.41) is 10.2. The molecule has 0 fully saturated rings. The molecule has 0 unspecified atom stereocenters. The second-order valence-corrected chi connectivity index (χ2v) is 5.03. The molecule has 22 heavy (non-hydrogen) atoms. The number of H-pyrrole nitrogens is 1. The lowest BCUT2D eigenvalue weighted by molar-refractivity contribution is -0.126. The van der Waals surface area contributed by atoms with Crippen LogP contribution in [0.4, 0.5) is 5.82 Å². The molecule has 1 atom stereocenters. The van der Waals surface area contributed by atoms with Gasteiger partial charge in [-0.25, -0.2) is 0 Å². The molecule has 7 heteroatoms. The fourth-order valence-electron chi connectivity index (χ4n) is 1.97. The molecule has 6 nitrogen and oxygen atoms in total. The summed E-state index contributed by atoms with van der Waals surface area (Å²) in [5.41, 5.74) is 1.46. The summed E-state index contributed by atoms with van der Waals surface area (Å²) >= 11 is 6.02. The van der Waals surface area contributed by atoms with Gasteiger partial charge in [-0.05, 0) is 32.0 Å². The number of aromatic nitrogens is 2. The SMILES string of the molecule is CCO[C@H](C)C(=O)Nc1cc(-c2cc(Cl)ccc2OC)[nH]n1. The monoisotopic (exact) mass is 323 g/mol. The highest BCUT2D eigenvalue weighted by molar-refractivity contribution is 6.31. The zero-order valence-corrected chi connectivity index (χ0v) is 13.4. The van der Waals surface area contributed by atoms with Gasteiger partial charge in [0.05, 0.1) is 12.8 Å². The number of benzene rings is 1. The smallest absolute Gasteiger partial charge is 0.254 e. The van der Waals surface area contributed by atoms with Gasteiger partial charge in [-0.2, -0.15) is 5.10 Å². The molecule has 2 rings (SSSR count). The maximum absolute atomic E-state index is 11.9. The van der Waals surface area contributed by atoms with Crippen LogP contribution in [0.1, 0.15) is 13.8 Å². The van der Waals surface area contributed by atoms with Crippen LogP contribution in [0.3, 0.4) is 0 Å². The van der Waals surface area contributed by atoms with E-state index in [1.54, 1.807) is 38.3 Å². The van der Waals surface area contributed by atoms with Crippen LogP contribution in [0.5, 0.6) is 5.75 Å². The molecule has 2 aromatic rings. The third-order valence-corrected chi connectivity index (χ3v) is 3.30. The van der Waals surface area contributed by atoms with E-state index >= 15 is 0 Å². The fourth-order valence-corrected chi connectivity index (χ4v) is 2.14. The number of ether oxygens (including phenoxy) is 2. The lowest BCUT2D eigenvalue weighted by atomic mass is 10.1. The number of halogens is 1. The lowest BCUT2D eigenvalue weighted by Crippen LogP contribution is -2.27. The van der Waals surface area contributed by atoms with E-state index in [0.29, 0.717) is 28.9 Å². The van der Waals surface area contributed by atoms with E-state index in [-0.39, 0.29) is 5.91 Å². The summed E-state index contributed by atoms with van der Waals surface area (Å²) in [6.45, 7) is 3.99. The van der Waals surface area contributed by atoms with E-state index in [1.807, 2.05) is 6.92 Å². The first kappa shape index (κ1) is 16.3. The largest absolute Gasteiger partial charge is 0.496 e. The minimum atomic E-state index is -0.536. The van der Waals surface area contributed by atoms with E-state index in [2.05, 4.69) is 15.5 Å². The average Bonchev–Trinajstić information content (AvgIpc) is 2.95. The van der Waals surface area contributed by atoms with Crippen molar-refractivity contribution in [2.45, 2.75) is 20.0 Å². The molecule has 1 amide bonds. The van der Waals surface area contributed by atoms with E-state index in [1.165, 1.54) is 0 Å². The number of aromatic amines is 1. The molecule has 0 aliphatic carbocycles. The van der Waals surface area contributed by atoms with Crippen molar-refractivity contribution in [3.63, 3.8) is 0 Å². The number of rotatable bonds is 6. The van der Waals surface area contributed by atoms with Gasteiger partial charge in [-0.15, -0.1) is 0 Å². The number of anilines is 1. The predicted molar refractivity (Wildman–Crippen MR) is 85.3 cm³/mol. The van der Waals surface area contributed by atoms with Gasteiger partial charge < -0.3 is 14.8 Å². The maximum atomic E-state index is 11.9. The van der Waals surface area contributed by atoms with E-state index in [0.717, 1.165) is 5.56 Å². The topological polar surface area (TPSA) is 76.2 Å². The van der Waals surface area contributed by atoms with Gasteiger partial charge in [-0.3, -0.25) is 9.89 Å². The van der Waals surface area contributed by atoms with Gasteiger partial charge in [0.1, 0.15) is 11.9 Å². The van der Waals surface area contributed by atoms with Crippen LogP contribution in [0.25, 0.3) is 11.3 Å². The maximum Gasteiger partial charge on any atom is 0.254 e. The Bertz CT molecular complexity index is 657. The van der Waals surface area contributed by atoms with Crippen LogP contribution in [-0.4, -0.2) is 35.9 Å². The molecular formula is C15H18ClN3O3. The molecule has 1 heterocycles. The fraction of sp³-hybridized carbons (Fsp3) is 0.333. The highest BCUT2D eigenvalue weighted by Crippen LogP contribution is 2.32. The minimum absolute atomic E-state index is 0.252. The van der Waals surface area contributed by atoms with Crippen LogP contribution in [0, 0.1) is 0 Å². The van der Waals surface area contributed by atoms with Gasteiger partial charge in [0.15, 0.2) is 5.82 Å². The number of nitrogens with one attached hydrogen (secondary N) is 2. The van der Waals surface area contributed by atoms with Crippen molar-refractivity contribution < 1.29 is 14.3 Å².